The number of amides is 1. The second-order valence-corrected chi connectivity index (χ2v) is 7.28. The Morgan fingerprint density at radius 1 is 1.14 bits per heavy atom. The SMILES string of the molecule is CC[C@H](Oc1cccc(C)c1C)C(=O)N(C)Cc1nc(-c2ccc(C)cc2)no1. The number of ether oxygens (including phenoxy) is 1. The number of benzene rings is 2. The van der Waals surface area contributed by atoms with E-state index in [9.17, 15) is 4.79 Å². The molecule has 152 valence electrons. The molecule has 6 nitrogen and oxygen atoms in total. The van der Waals surface area contributed by atoms with Crippen molar-refractivity contribution in [2.75, 3.05) is 7.05 Å². The van der Waals surface area contributed by atoms with E-state index in [-0.39, 0.29) is 12.5 Å². The van der Waals surface area contributed by atoms with Crippen LogP contribution >= 0.6 is 0 Å². The smallest absolute Gasteiger partial charge is 0.263 e. The Morgan fingerprint density at radius 2 is 1.86 bits per heavy atom. The number of carbonyl (C=O) groups is 1. The Balaban J connectivity index is 1.67. The average molecular weight is 393 g/mol. The van der Waals surface area contributed by atoms with E-state index in [0.29, 0.717) is 18.1 Å². The van der Waals surface area contributed by atoms with Crippen molar-refractivity contribution >= 4 is 5.91 Å². The van der Waals surface area contributed by atoms with Crippen LogP contribution in [0.4, 0.5) is 0 Å². The monoisotopic (exact) mass is 393 g/mol. The highest BCUT2D eigenvalue weighted by Gasteiger charge is 2.24. The van der Waals surface area contributed by atoms with E-state index < -0.39 is 6.10 Å². The Kier molecular flexibility index (Phi) is 6.32. The third-order valence-corrected chi connectivity index (χ3v) is 5.00. The van der Waals surface area contributed by atoms with Crippen LogP contribution < -0.4 is 4.74 Å². The Bertz CT molecular complexity index is 979. The van der Waals surface area contributed by atoms with Crippen LogP contribution in [-0.4, -0.2) is 34.1 Å². The summed E-state index contributed by atoms with van der Waals surface area (Å²) >= 11 is 0. The number of hydrogen-bond acceptors (Lipinski definition) is 5. The van der Waals surface area contributed by atoms with E-state index >= 15 is 0 Å². The zero-order valence-corrected chi connectivity index (χ0v) is 17.6. The van der Waals surface area contributed by atoms with Crippen molar-refractivity contribution in [3.8, 4) is 17.1 Å². The summed E-state index contributed by atoms with van der Waals surface area (Å²) in [5, 5.41) is 4.03. The molecule has 0 bridgehead atoms. The van der Waals surface area contributed by atoms with Gasteiger partial charge in [-0.05, 0) is 44.4 Å². The fraction of sp³-hybridized carbons (Fsp3) is 0.348. The van der Waals surface area contributed by atoms with Gasteiger partial charge in [0.15, 0.2) is 6.10 Å². The van der Waals surface area contributed by atoms with Crippen LogP contribution in [0.1, 0.15) is 35.9 Å². The lowest BCUT2D eigenvalue weighted by molar-refractivity contribution is -0.138. The molecule has 1 atom stereocenters. The van der Waals surface area contributed by atoms with E-state index in [1.165, 1.54) is 0 Å². The lowest BCUT2D eigenvalue weighted by Crippen LogP contribution is -2.39. The first-order valence-corrected chi connectivity index (χ1v) is 9.76. The fourth-order valence-electron chi connectivity index (χ4n) is 2.98. The van der Waals surface area contributed by atoms with E-state index in [1.807, 2.05) is 70.2 Å². The normalized spacial score (nSPS) is 11.9. The van der Waals surface area contributed by atoms with Crippen LogP contribution in [0.5, 0.6) is 5.75 Å². The van der Waals surface area contributed by atoms with Crippen molar-refractivity contribution in [1.29, 1.82) is 0 Å². The first kappa shape index (κ1) is 20.6. The van der Waals surface area contributed by atoms with E-state index in [2.05, 4.69) is 10.1 Å². The van der Waals surface area contributed by atoms with Crippen molar-refractivity contribution in [3.05, 3.63) is 65.0 Å². The minimum atomic E-state index is -0.569. The number of rotatable bonds is 7. The Hall–Kier alpha value is -3.15. The summed E-state index contributed by atoms with van der Waals surface area (Å²) in [7, 11) is 1.72. The number of hydrogen-bond donors (Lipinski definition) is 0. The molecule has 0 N–H and O–H groups in total. The van der Waals surface area contributed by atoms with Crippen LogP contribution in [0.2, 0.25) is 0 Å². The molecule has 0 saturated carbocycles. The van der Waals surface area contributed by atoms with Crippen LogP contribution in [0.15, 0.2) is 47.0 Å². The molecule has 3 aromatic rings. The third-order valence-electron chi connectivity index (χ3n) is 5.00. The van der Waals surface area contributed by atoms with Crippen molar-refractivity contribution in [3.63, 3.8) is 0 Å². The largest absolute Gasteiger partial charge is 0.480 e. The van der Waals surface area contributed by atoms with Gasteiger partial charge >= 0.3 is 0 Å². The van der Waals surface area contributed by atoms with Crippen LogP contribution in [0.3, 0.4) is 0 Å². The van der Waals surface area contributed by atoms with Gasteiger partial charge in [-0.3, -0.25) is 4.79 Å². The molecular weight excluding hydrogens is 366 g/mol. The molecule has 1 heterocycles. The van der Waals surface area contributed by atoms with Gasteiger partial charge in [0.25, 0.3) is 5.91 Å². The maximum atomic E-state index is 12.9. The van der Waals surface area contributed by atoms with Gasteiger partial charge in [-0.25, -0.2) is 0 Å². The standard InChI is InChI=1S/C23H27N3O3/c1-6-19(28-20-9-7-8-16(3)17(20)4)23(27)26(5)14-21-24-22(25-29-21)18-12-10-15(2)11-13-18/h7-13,19H,6,14H2,1-5H3/t19-/m0/s1. The van der Waals surface area contributed by atoms with Gasteiger partial charge in [-0.15, -0.1) is 0 Å². The third kappa shape index (κ3) is 4.83. The van der Waals surface area contributed by atoms with Crippen molar-refractivity contribution in [1.82, 2.24) is 15.0 Å². The minimum Gasteiger partial charge on any atom is -0.480 e. The van der Waals surface area contributed by atoms with Crippen molar-refractivity contribution in [2.45, 2.75) is 46.8 Å². The highest BCUT2D eigenvalue weighted by molar-refractivity contribution is 5.81. The van der Waals surface area contributed by atoms with Crippen LogP contribution in [0, 0.1) is 20.8 Å². The first-order chi connectivity index (χ1) is 13.9. The zero-order valence-electron chi connectivity index (χ0n) is 17.6. The molecule has 2 aromatic carbocycles. The molecule has 0 aliphatic heterocycles. The van der Waals surface area contributed by atoms with Crippen LogP contribution in [-0.2, 0) is 11.3 Å². The van der Waals surface area contributed by atoms with Gasteiger partial charge in [-0.2, -0.15) is 4.98 Å². The summed E-state index contributed by atoms with van der Waals surface area (Å²) in [6.45, 7) is 8.21. The second-order valence-electron chi connectivity index (χ2n) is 7.28. The fourth-order valence-corrected chi connectivity index (χ4v) is 2.98. The molecule has 3 rings (SSSR count). The van der Waals surface area contributed by atoms with Gasteiger partial charge in [-0.1, -0.05) is 54.0 Å². The zero-order chi connectivity index (χ0) is 21.0. The average Bonchev–Trinajstić information content (AvgIpc) is 3.17. The molecular formula is C23H27N3O3. The van der Waals surface area contributed by atoms with Gasteiger partial charge in [0.2, 0.25) is 11.7 Å². The maximum Gasteiger partial charge on any atom is 0.263 e. The van der Waals surface area contributed by atoms with Crippen molar-refractivity contribution in [2.24, 2.45) is 0 Å². The summed E-state index contributed by atoms with van der Waals surface area (Å²) in [5.74, 6) is 1.51. The Labute approximate surface area is 171 Å². The van der Waals surface area contributed by atoms with Crippen LogP contribution in [0.25, 0.3) is 11.4 Å². The number of carbonyl (C=O) groups excluding carboxylic acids is 1. The molecule has 0 spiro atoms. The van der Waals surface area contributed by atoms with E-state index in [4.69, 9.17) is 9.26 Å². The van der Waals surface area contributed by atoms with Gasteiger partial charge in [0.1, 0.15) is 5.75 Å². The highest BCUT2D eigenvalue weighted by Crippen LogP contribution is 2.23. The summed E-state index contributed by atoms with van der Waals surface area (Å²) < 4.78 is 11.4. The first-order valence-electron chi connectivity index (χ1n) is 9.76. The second kappa shape index (κ2) is 8.90. The lowest BCUT2D eigenvalue weighted by atomic mass is 10.1. The highest BCUT2D eigenvalue weighted by atomic mass is 16.5. The van der Waals surface area contributed by atoms with Gasteiger partial charge in [0.05, 0.1) is 6.54 Å². The molecule has 0 fully saturated rings. The molecule has 29 heavy (non-hydrogen) atoms. The summed E-state index contributed by atoms with van der Waals surface area (Å²) in [6.07, 6.45) is -0.00496. The van der Waals surface area contributed by atoms with Crippen molar-refractivity contribution < 1.29 is 14.1 Å². The maximum absolute atomic E-state index is 12.9. The number of aromatic nitrogens is 2. The molecule has 1 aromatic heterocycles. The quantitative estimate of drug-likeness (QED) is 0.592. The molecule has 0 aliphatic rings. The van der Waals surface area contributed by atoms with E-state index in [1.54, 1.807) is 11.9 Å². The van der Waals surface area contributed by atoms with E-state index in [0.717, 1.165) is 28.0 Å². The molecule has 0 aliphatic carbocycles. The molecule has 0 radical (unpaired) electrons. The topological polar surface area (TPSA) is 68.5 Å². The molecule has 6 heteroatoms. The molecule has 0 unspecified atom stereocenters. The minimum absolute atomic E-state index is 0.122. The van der Waals surface area contributed by atoms with Gasteiger partial charge < -0.3 is 14.2 Å². The number of nitrogens with zero attached hydrogens (tertiary/aromatic N) is 3. The molecule has 0 saturated heterocycles. The summed E-state index contributed by atoms with van der Waals surface area (Å²) in [6, 6.07) is 13.7. The summed E-state index contributed by atoms with van der Waals surface area (Å²) in [4.78, 5) is 18.9. The van der Waals surface area contributed by atoms with Gasteiger partial charge in [0, 0.05) is 12.6 Å². The number of likely N-dealkylation sites (N-methyl/N-ethyl adjacent to an activating group) is 1. The number of aryl methyl sites for hydroxylation is 2. The predicted octanol–water partition coefficient (Wildman–Crippen LogP) is 4.48. The lowest BCUT2D eigenvalue weighted by Gasteiger charge is -2.23. The summed E-state index contributed by atoms with van der Waals surface area (Å²) in [5.41, 5.74) is 4.22. The Morgan fingerprint density at radius 3 is 2.55 bits per heavy atom. The predicted molar refractivity (Wildman–Crippen MR) is 112 cm³/mol. The molecule has 1 amide bonds.